The Morgan fingerprint density at radius 2 is 1.20 bits per heavy atom. The van der Waals surface area contributed by atoms with Gasteiger partial charge in [0.15, 0.2) is 0 Å². The second kappa shape index (κ2) is 21.5. The van der Waals surface area contributed by atoms with E-state index in [4.69, 9.17) is 11.1 Å². The summed E-state index contributed by atoms with van der Waals surface area (Å²) in [5.41, 5.74) is 13.5. The maximum absolute atomic E-state index is 6.75. The first-order valence-corrected chi connectivity index (χ1v) is 0.400. The van der Waals surface area contributed by atoms with Gasteiger partial charge in [0.05, 0.1) is 0 Å². The molecule has 0 saturated carbocycles. The largest absolute Gasteiger partial charge is 1.00 e. The third-order valence-electron chi connectivity index (χ3n) is 0. The molecule has 0 aromatic rings. The van der Waals surface area contributed by atoms with Crippen LogP contribution in [0.3, 0.4) is 0 Å². The predicted molar refractivity (Wildman–Crippen MR) is 20.4 cm³/mol. The van der Waals surface area contributed by atoms with E-state index in [-0.39, 0.29) is 46.5 Å². The fourth-order valence-electron chi connectivity index (χ4n) is 0. The zero-order chi connectivity index (χ0) is 2.71. The monoisotopic (exact) mass is 145 g/mol. The molecule has 0 radical (unpaired) electrons. The van der Waals surface area contributed by atoms with Gasteiger partial charge in [0.2, 0.25) is 0 Å². The van der Waals surface area contributed by atoms with Crippen LogP contribution in [0.1, 0.15) is 0 Å². The van der Waals surface area contributed by atoms with Crippen LogP contribution in [-0.4, -0.2) is 0 Å². The zero-order valence-electron chi connectivity index (χ0n) is 2.75. The van der Waals surface area contributed by atoms with Gasteiger partial charge in [-0.3, -0.25) is 4.91 Å². The van der Waals surface area contributed by atoms with Crippen LogP contribution < -0.4 is 29.6 Å². The van der Waals surface area contributed by atoms with Crippen LogP contribution in [0, 0.1) is 0 Å². The molecule has 0 amide bonds. The Balaban J connectivity index is -0.0000000200. The summed E-state index contributed by atoms with van der Waals surface area (Å²) >= 11 is 0. The summed E-state index contributed by atoms with van der Waals surface area (Å²) in [6.45, 7) is 0. The standard InChI is InChI=1S/BrH.N3.Na/c;1-3-2;/h1H;;/q;-1;+1. The topological polar surface area (TPSA) is 58.7 Å². The fraction of sp³-hybridized carbons (Fsp3) is 0. The second-order valence-corrected chi connectivity index (χ2v) is 0.0894. The maximum Gasteiger partial charge on any atom is 1.00 e. The van der Waals surface area contributed by atoms with Gasteiger partial charge in [-0.15, -0.1) is 17.0 Å². The molecular formula is HBrN3Na. The van der Waals surface area contributed by atoms with Crippen molar-refractivity contribution in [2.75, 3.05) is 0 Å². The van der Waals surface area contributed by atoms with Crippen LogP contribution in [0.15, 0.2) is 0 Å². The van der Waals surface area contributed by atoms with Gasteiger partial charge >= 0.3 is 29.6 Å². The first kappa shape index (κ1) is 17.1. The van der Waals surface area contributed by atoms with Crippen molar-refractivity contribution in [3.8, 4) is 0 Å². The molecule has 0 aliphatic heterocycles. The molecular weight excluding hydrogens is 145 g/mol. The summed E-state index contributed by atoms with van der Waals surface area (Å²) in [5, 5.41) is 0. The summed E-state index contributed by atoms with van der Waals surface area (Å²) in [4.78, 5) is 1.50. The van der Waals surface area contributed by atoms with Crippen LogP contribution in [0.5, 0.6) is 0 Å². The molecule has 0 aromatic heterocycles. The van der Waals surface area contributed by atoms with Gasteiger partial charge in [0.25, 0.3) is 0 Å². The number of hydrogen-bond donors (Lipinski definition) is 0. The molecule has 0 unspecified atom stereocenters. The Kier molecular flexibility index (Phi) is 73.3. The van der Waals surface area contributed by atoms with Gasteiger partial charge in [-0.1, -0.05) is 0 Å². The third-order valence-corrected chi connectivity index (χ3v) is 0. The summed E-state index contributed by atoms with van der Waals surface area (Å²) in [6.07, 6.45) is 0. The minimum Gasteiger partial charge on any atom is -0.373 e. The van der Waals surface area contributed by atoms with E-state index in [0.29, 0.717) is 0 Å². The molecule has 0 bridgehead atoms. The molecule has 0 spiro atoms. The Labute approximate surface area is 62.2 Å². The van der Waals surface area contributed by atoms with Crippen molar-refractivity contribution in [1.29, 1.82) is 0 Å². The van der Waals surface area contributed by atoms with Gasteiger partial charge < -0.3 is 11.1 Å². The van der Waals surface area contributed by atoms with Crippen LogP contribution in [0.25, 0.3) is 16.0 Å². The first-order valence-electron chi connectivity index (χ1n) is 0.400. The third kappa shape index (κ3) is 59.7. The van der Waals surface area contributed by atoms with Crippen molar-refractivity contribution in [1.82, 2.24) is 0 Å². The minimum absolute atomic E-state index is 0. The Morgan fingerprint density at radius 3 is 1.20 bits per heavy atom. The molecule has 0 fully saturated rings. The Morgan fingerprint density at radius 1 is 1.20 bits per heavy atom. The van der Waals surface area contributed by atoms with Crippen LogP contribution in [0.4, 0.5) is 0 Å². The van der Waals surface area contributed by atoms with Gasteiger partial charge in [-0.05, 0) is 0 Å². The molecule has 0 heterocycles. The molecule has 3 nitrogen and oxygen atoms in total. The summed E-state index contributed by atoms with van der Waals surface area (Å²) in [5.74, 6) is 0. The fourth-order valence-corrected chi connectivity index (χ4v) is 0. The van der Waals surface area contributed by atoms with Crippen LogP contribution >= 0.6 is 17.0 Å². The molecule has 0 aromatic carbocycles. The molecule has 24 valence electrons. The van der Waals surface area contributed by atoms with E-state index >= 15 is 0 Å². The van der Waals surface area contributed by atoms with Crippen molar-refractivity contribution in [3.63, 3.8) is 0 Å². The van der Waals surface area contributed by atoms with Gasteiger partial charge in [-0.25, -0.2) is 0 Å². The number of nitrogens with zero attached hydrogens (tertiary/aromatic N) is 3. The van der Waals surface area contributed by atoms with E-state index in [1.807, 2.05) is 0 Å². The smallest absolute Gasteiger partial charge is 0.373 e. The van der Waals surface area contributed by atoms with E-state index in [1.165, 1.54) is 4.91 Å². The maximum atomic E-state index is 6.75. The average molecular weight is 146 g/mol. The van der Waals surface area contributed by atoms with Crippen molar-refractivity contribution in [2.24, 2.45) is 0 Å². The average Bonchev–Trinajstić information content (AvgIpc) is 0.918. The molecule has 0 atom stereocenters. The molecule has 0 aliphatic rings. The van der Waals surface area contributed by atoms with Crippen molar-refractivity contribution < 1.29 is 29.6 Å². The Hall–Kier alpha value is 0.790. The van der Waals surface area contributed by atoms with E-state index in [2.05, 4.69) is 0 Å². The van der Waals surface area contributed by atoms with E-state index < -0.39 is 0 Å². The summed E-state index contributed by atoms with van der Waals surface area (Å²) in [6, 6.07) is 0. The predicted octanol–water partition coefficient (Wildman–Crippen LogP) is -1.55. The normalized spacial score (nSPS) is 1.60. The minimum atomic E-state index is 0. The quantitative estimate of drug-likeness (QED) is 0.172. The van der Waals surface area contributed by atoms with Gasteiger partial charge in [0, 0.05) is 0 Å². The second-order valence-electron chi connectivity index (χ2n) is 0.0894. The van der Waals surface area contributed by atoms with E-state index in [0.717, 1.165) is 0 Å². The molecule has 0 saturated heterocycles. The van der Waals surface area contributed by atoms with Gasteiger partial charge in [-0.2, -0.15) is 0 Å². The summed E-state index contributed by atoms with van der Waals surface area (Å²) in [7, 11) is 0. The number of rotatable bonds is 0. The van der Waals surface area contributed by atoms with Gasteiger partial charge in [0.1, 0.15) is 0 Å². The SMILES string of the molecule is Br.[N-]=[N+]=[N-].[Na+]. The van der Waals surface area contributed by atoms with Crippen LogP contribution in [-0.2, 0) is 0 Å². The van der Waals surface area contributed by atoms with Crippen molar-refractivity contribution in [3.05, 3.63) is 16.0 Å². The van der Waals surface area contributed by atoms with Crippen LogP contribution in [0.2, 0.25) is 0 Å². The number of halogens is 1. The molecule has 0 rings (SSSR count). The first-order chi connectivity index (χ1) is 1.41. The number of hydrogen-bond acceptors (Lipinski definition) is 0. The molecule has 0 N–H and O–H groups in total. The molecule has 0 aliphatic carbocycles. The van der Waals surface area contributed by atoms with E-state index in [9.17, 15) is 0 Å². The summed E-state index contributed by atoms with van der Waals surface area (Å²) < 4.78 is 0. The molecule has 5 heavy (non-hydrogen) atoms. The van der Waals surface area contributed by atoms with Crippen molar-refractivity contribution in [2.45, 2.75) is 0 Å². The van der Waals surface area contributed by atoms with Crippen molar-refractivity contribution >= 4 is 17.0 Å². The Bertz CT molecular complexity index is 27.9. The zero-order valence-corrected chi connectivity index (χ0v) is 6.46. The molecule has 5 heteroatoms. The van der Waals surface area contributed by atoms with E-state index in [1.54, 1.807) is 0 Å².